The summed E-state index contributed by atoms with van der Waals surface area (Å²) in [4.78, 5) is 17.9. The first-order valence-electron chi connectivity index (χ1n) is 11.7. The van der Waals surface area contributed by atoms with Crippen molar-refractivity contribution in [1.82, 2.24) is 4.98 Å². The van der Waals surface area contributed by atoms with Crippen LogP contribution in [0.3, 0.4) is 0 Å². The molecule has 0 spiro atoms. The van der Waals surface area contributed by atoms with Crippen molar-refractivity contribution < 1.29 is 17.9 Å². The highest BCUT2D eigenvalue weighted by Gasteiger charge is 2.19. The second-order valence-corrected chi connectivity index (χ2v) is 10.4. The zero-order chi connectivity index (χ0) is 27.2. The van der Waals surface area contributed by atoms with E-state index in [1.54, 1.807) is 37.6 Å². The number of hydrogen-bond acceptors (Lipinski definition) is 5. The number of halogens is 1. The average Bonchev–Trinajstić information content (AvgIpc) is 2.90. The fraction of sp³-hybridized carbons (Fsp3) is 0.172. The highest BCUT2D eigenvalue weighted by Crippen LogP contribution is 2.33. The topological polar surface area (TPSA) is 85.4 Å². The summed E-state index contributed by atoms with van der Waals surface area (Å²) in [6.45, 7) is 5.88. The third kappa shape index (κ3) is 6.56. The molecule has 0 atom stereocenters. The molecule has 1 aromatic heterocycles. The SMILES string of the molecule is CC.COc1ccc(-c2cc(S(C)(=O)=O)ccc2C(=O)Nc2ccc(Cl)c(-c3ccccn3)c2)c(C)c1. The van der Waals surface area contributed by atoms with Gasteiger partial charge in [-0.1, -0.05) is 37.6 Å². The first-order valence-corrected chi connectivity index (χ1v) is 14.0. The van der Waals surface area contributed by atoms with Gasteiger partial charge in [-0.3, -0.25) is 9.78 Å². The number of hydrogen-bond donors (Lipinski definition) is 1. The quantitative estimate of drug-likeness (QED) is 0.285. The van der Waals surface area contributed by atoms with Crippen LogP contribution in [-0.2, 0) is 9.84 Å². The summed E-state index contributed by atoms with van der Waals surface area (Å²) in [7, 11) is -1.91. The van der Waals surface area contributed by atoms with Crippen molar-refractivity contribution >= 4 is 33.0 Å². The lowest BCUT2D eigenvalue weighted by molar-refractivity contribution is 0.102. The second kappa shape index (κ2) is 12.0. The van der Waals surface area contributed by atoms with Crippen LogP contribution in [0.25, 0.3) is 22.4 Å². The summed E-state index contributed by atoms with van der Waals surface area (Å²) in [6, 6.07) is 20.6. The Labute approximate surface area is 223 Å². The van der Waals surface area contributed by atoms with E-state index in [1.807, 2.05) is 51.1 Å². The van der Waals surface area contributed by atoms with Gasteiger partial charge in [0.1, 0.15) is 5.75 Å². The summed E-state index contributed by atoms with van der Waals surface area (Å²) < 4.78 is 29.8. The molecule has 0 aliphatic heterocycles. The van der Waals surface area contributed by atoms with E-state index in [2.05, 4.69) is 10.3 Å². The molecule has 1 N–H and O–H groups in total. The van der Waals surface area contributed by atoms with E-state index in [0.717, 1.165) is 17.4 Å². The van der Waals surface area contributed by atoms with Crippen molar-refractivity contribution in [1.29, 1.82) is 0 Å². The maximum atomic E-state index is 13.4. The van der Waals surface area contributed by atoms with Gasteiger partial charge >= 0.3 is 0 Å². The molecule has 0 aliphatic carbocycles. The Morgan fingerprint density at radius 1 is 0.919 bits per heavy atom. The van der Waals surface area contributed by atoms with Crippen molar-refractivity contribution in [3.05, 3.63) is 95.1 Å². The third-order valence-corrected chi connectivity index (χ3v) is 6.99. The number of rotatable bonds is 6. The Morgan fingerprint density at radius 2 is 1.68 bits per heavy atom. The molecule has 0 fully saturated rings. The largest absolute Gasteiger partial charge is 0.497 e. The zero-order valence-corrected chi connectivity index (χ0v) is 22.9. The fourth-order valence-corrected chi connectivity index (χ4v) is 4.62. The smallest absolute Gasteiger partial charge is 0.256 e. The van der Waals surface area contributed by atoms with E-state index in [4.69, 9.17) is 16.3 Å². The van der Waals surface area contributed by atoms with Crippen LogP contribution in [0.1, 0.15) is 29.8 Å². The minimum absolute atomic E-state index is 0.128. The van der Waals surface area contributed by atoms with Gasteiger partial charge in [-0.25, -0.2) is 8.42 Å². The van der Waals surface area contributed by atoms with Crippen molar-refractivity contribution in [3.8, 4) is 28.1 Å². The van der Waals surface area contributed by atoms with Gasteiger partial charge in [-0.05, 0) is 84.3 Å². The molecule has 1 amide bonds. The molecule has 0 saturated heterocycles. The van der Waals surface area contributed by atoms with Crippen LogP contribution in [-0.4, -0.2) is 32.7 Å². The highest BCUT2D eigenvalue weighted by molar-refractivity contribution is 7.90. The number of nitrogens with one attached hydrogen (secondary N) is 1. The molecule has 4 aromatic rings. The number of amides is 1. The molecular weight excluding hydrogens is 508 g/mol. The predicted octanol–water partition coefficient (Wildman–Crippen LogP) is 7.07. The molecule has 0 unspecified atom stereocenters. The molecule has 4 rings (SSSR count). The Morgan fingerprint density at radius 3 is 2.30 bits per heavy atom. The normalized spacial score (nSPS) is 10.8. The number of aromatic nitrogens is 1. The van der Waals surface area contributed by atoms with Crippen molar-refractivity contribution in [2.24, 2.45) is 0 Å². The summed E-state index contributed by atoms with van der Waals surface area (Å²) in [6.07, 6.45) is 2.81. The van der Waals surface area contributed by atoms with Gasteiger partial charge in [0, 0.05) is 29.3 Å². The first-order chi connectivity index (χ1) is 17.7. The Kier molecular flexibility index (Phi) is 9.08. The number of carbonyl (C=O) groups is 1. The number of sulfone groups is 1. The third-order valence-electron chi connectivity index (χ3n) is 5.55. The van der Waals surface area contributed by atoms with Crippen molar-refractivity contribution in [3.63, 3.8) is 0 Å². The minimum Gasteiger partial charge on any atom is -0.497 e. The summed E-state index contributed by atoms with van der Waals surface area (Å²) >= 11 is 6.37. The van der Waals surface area contributed by atoms with Crippen LogP contribution >= 0.6 is 11.6 Å². The van der Waals surface area contributed by atoms with Crippen LogP contribution in [0.4, 0.5) is 5.69 Å². The maximum absolute atomic E-state index is 13.4. The number of anilines is 1. The molecule has 0 radical (unpaired) electrons. The molecule has 6 nitrogen and oxygen atoms in total. The van der Waals surface area contributed by atoms with Crippen LogP contribution < -0.4 is 10.1 Å². The van der Waals surface area contributed by atoms with Gasteiger partial charge in [0.2, 0.25) is 0 Å². The molecule has 1 heterocycles. The monoisotopic (exact) mass is 536 g/mol. The van der Waals surface area contributed by atoms with Crippen molar-refractivity contribution in [2.75, 3.05) is 18.7 Å². The summed E-state index contributed by atoms with van der Waals surface area (Å²) in [5.74, 6) is 0.282. The Balaban J connectivity index is 0.00000186. The molecular formula is C29H29ClN2O4S. The molecule has 8 heteroatoms. The number of aryl methyl sites for hydroxylation is 1. The van der Waals surface area contributed by atoms with Crippen molar-refractivity contribution in [2.45, 2.75) is 25.7 Å². The number of benzene rings is 3. The van der Waals surface area contributed by atoms with Crippen LogP contribution in [0.2, 0.25) is 5.02 Å². The number of methoxy groups -OCH3 is 1. The lowest BCUT2D eigenvalue weighted by atomic mass is 9.95. The molecule has 37 heavy (non-hydrogen) atoms. The minimum atomic E-state index is -3.48. The Bertz CT molecular complexity index is 1520. The number of ether oxygens (including phenoxy) is 1. The van der Waals surface area contributed by atoms with E-state index in [9.17, 15) is 13.2 Å². The van der Waals surface area contributed by atoms with Gasteiger partial charge in [0.15, 0.2) is 9.84 Å². The van der Waals surface area contributed by atoms with Crippen LogP contribution in [0.5, 0.6) is 5.75 Å². The van der Waals surface area contributed by atoms with Gasteiger partial charge in [0.25, 0.3) is 5.91 Å². The lowest BCUT2D eigenvalue weighted by Crippen LogP contribution is -2.14. The van der Waals surface area contributed by atoms with Gasteiger partial charge in [-0.2, -0.15) is 0 Å². The van der Waals surface area contributed by atoms with E-state index >= 15 is 0 Å². The Hall–Kier alpha value is -3.68. The standard InChI is InChI=1S/C27H23ClN2O4S.C2H6/c1-17-14-19(34-2)8-10-21(17)23-16-20(35(3,32)33)9-11-22(23)27(31)30-18-7-12-25(28)24(15-18)26-6-4-5-13-29-26;1-2/h4-16H,1-3H3,(H,30,31);1-2H3. The molecule has 3 aromatic carbocycles. The zero-order valence-electron chi connectivity index (χ0n) is 21.4. The number of carbonyl (C=O) groups excluding carboxylic acids is 1. The number of nitrogens with zero attached hydrogens (tertiary/aromatic N) is 1. The lowest BCUT2D eigenvalue weighted by Gasteiger charge is -2.15. The second-order valence-electron chi connectivity index (χ2n) is 8.02. The average molecular weight is 537 g/mol. The predicted molar refractivity (Wildman–Crippen MR) is 150 cm³/mol. The van der Waals surface area contributed by atoms with Gasteiger partial charge in [-0.15, -0.1) is 0 Å². The molecule has 0 saturated carbocycles. The first kappa shape index (κ1) is 27.9. The van der Waals surface area contributed by atoms with Crippen LogP contribution in [0, 0.1) is 6.92 Å². The molecule has 0 aliphatic rings. The molecule has 192 valence electrons. The van der Waals surface area contributed by atoms with E-state index in [-0.39, 0.29) is 10.8 Å². The van der Waals surface area contributed by atoms with Crippen LogP contribution in [0.15, 0.2) is 83.9 Å². The van der Waals surface area contributed by atoms with E-state index in [1.165, 1.54) is 18.2 Å². The van der Waals surface area contributed by atoms with Gasteiger partial charge < -0.3 is 10.1 Å². The summed E-state index contributed by atoms with van der Waals surface area (Å²) in [5, 5.41) is 3.41. The van der Waals surface area contributed by atoms with Gasteiger partial charge in [0.05, 0.1) is 22.7 Å². The fourth-order valence-electron chi connectivity index (χ4n) is 3.76. The highest BCUT2D eigenvalue weighted by atomic mass is 35.5. The maximum Gasteiger partial charge on any atom is 0.256 e. The van der Waals surface area contributed by atoms with E-state index < -0.39 is 9.84 Å². The number of pyridine rings is 1. The van der Waals surface area contributed by atoms with E-state index in [0.29, 0.717) is 38.8 Å². The molecule has 0 bridgehead atoms. The summed E-state index contributed by atoms with van der Waals surface area (Å²) in [5.41, 5.74) is 4.30.